The van der Waals surface area contributed by atoms with Crippen molar-refractivity contribution in [2.45, 2.75) is 19.3 Å². The smallest absolute Gasteiger partial charge is 0.241 e. The summed E-state index contributed by atoms with van der Waals surface area (Å²) < 4.78 is 0. The summed E-state index contributed by atoms with van der Waals surface area (Å²) in [6, 6.07) is 9.33. The molecule has 6 heteroatoms. The largest absolute Gasteiger partial charge is 0.347 e. The summed E-state index contributed by atoms with van der Waals surface area (Å²) in [5.41, 5.74) is 0.806. The second-order valence-corrected chi connectivity index (χ2v) is 6.05. The van der Waals surface area contributed by atoms with Crippen LogP contribution in [0, 0.1) is 5.92 Å². The highest BCUT2D eigenvalue weighted by Gasteiger charge is 2.35. The summed E-state index contributed by atoms with van der Waals surface area (Å²) in [4.78, 5) is 39.7. The Morgan fingerprint density at radius 3 is 2.52 bits per heavy atom. The molecule has 1 aromatic carbocycles. The van der Waals surface area contributed by atoms with Crippen molar-refractivity contribution in [3.05, 3.63) is 30.3 Å². The first-order chi connectivity index (χ1) is 11.1. The summed E-state index contributed by atoms with van der Waals surface area (Å²) in [7, 11) is 0. The molecule has 1 aromatic rings. The lowest BCUT2D eigenvalue weighted by Crippen LogP contribution is -2.41. The lowest BCUT2D eigenvalue weighted by molar-refractivity contribution is -0.133. The van der Waals surface area contributed by atoms with Crippen LogP contribution < -0.4 is 10.2 Å². The van der Waals surface area contributed by atoms with E-state index in [0.29, 0.717) is 6.54 Å². The van der Waals surface area contributed by atoms with E-state index in [0.717, 1.165) is 31.6 Å². The van der Waals surface area contributed by atoms with Gasteiger partial charge < -0.3 is 15.1 Å². The third kappa shape index (κ3) is 3.52. The zero-order valence-corrected chi connectivity index (χ0v) is 13.0. The first-order valence-electron chi connectivity index (χ1n) is 8.06. The Balaban J connectivity index is 1.52. The molecule has 1 N–H and O–H groups in total. The van der Waals surface area contributed by atoms with Gasteiger partial charge in [-0.25, -0.2) is 0 Å². The molecule has 1 atom stereocenters. The molecule has 0 radical (unpaired) electrons. The third-order valence-electron chi connectivity index (χ3n) is 4.44. The molecule has 23 heavy (non-hydrogen) atoms. The van der Waals surface area contributed by atoms with E-state index in [1.54, 1.807) is 9.80 Å². The molecule has 6 nitrogen and oxygen atoms in total. The fraction of sp³-hybridized carbons (Fsp3) is 0.471. The first kappa shape index (κ1) is 15.5. The first-order valence-corrected chi connectivity index (χ1v) is 8.06. The van der Waals surface area contributed by atoms with Crippen LogP contribution in [0.1, 0.15) is 19.3 Å². The van der Waals surface area contributed by atoms with E-state index in [-0.39, 0.29) is 30.7 Å². The minimum atomic E-state index is -0.394. The minimum Gasteiger partial charge on any atom is -0.347 e. The predicted molar refractivity (Wildman–Crippen MR) is 85.7 cm³/mol. The summed E-state index contributed by atoms with van der Waals surface area (Å²) in [6.45, 7) is 1.94. The molecule has 3 rings (SSSR count). The van der Waals surface area contributed by atoms with Crippen LogP contribution >= 0.6 is 0 Å². The Bertz CT molecular complexity index is 596. The maximum Gasteiger partial charge on any atom is 0.241 e. The van der Waals surface area contributed by atoms with Gasteiger partial charge in [0.15, 0.2) is 0 Å². The normalized spacial score (nSPS) is 20.9. The van der Waals surface area contributed by atoms with Crippen molar-refractivity contribution in [2.75, 3.05) is 31.1 Å². The molecule has 122 valence electrons. The van der Waals surface area contributed by atoms with E-state index < -0.39 is 5.92 Å². The van der Waals surface area contributed by atoms with Gasteiger partial charge in [0.25, 0.3) is 0 Å². The number of rotatable bonds is 4. The molecule has 0 aromatic heterocycles. The standard InChI is InChI=1S/C17H21N3O3/c21-15-10-13(12-20(15)14-6-2-1-3-7-14)17(23)18-11-16(22)19-8-4-5-9-19/h1-3,6-7,13H,4-5,8-12H2,(H,18,23)/t13-/m1/s1. The van der Waals surface area contributed by atoms with Crippen molar-refractivity contribution in [3.8, 4) is 0 Å². The third-order valence-corrected chi connectivity index (χ3v) is 4.44. The SMILES string of the molecule is O=C(NCC(=O)N1CCCC1)[C@@H]1CC(=O)N(c2ccccc2)C1. The predicted octanol–water partition coefficient (Wildman–Crippen LogP) is 0.778. The topological polar surface area (TPSA) is 69.7 Å². The van der Waals surface area contributed by atoms with Gasteiger partial charge in [0.1, 0.15) is 0 Å². The fourth-order valence-corrected chi connectivity index (χ4v) is 3.13. The molecule has 0 unspecified atom stereocenters. The van der Waals surface area contributed by atoms with Gasteiger partial charge in [-0.2, -0.15) is 0 Å². The number of hydrogen-bond donors (Lipinski definition) is 1. The van der Waals surface area contributed by atoms with Crippen LogP contribution in [-0.2, 0) is 14.4 Å². The van der Waals surface area contributed by atoms with Crippen molar-refractivity contribution in [2.24, 2.45) is 5.92 Å². The van der Waals surface area contributed by atoms with Gasteiger partial charge in [-0.3, -0.25) is 14.4 Å². The molecule has 3 amide bonds. The fourth-order valence-electron chi connectivity index (χ4n) is 3.13. The van der Waals surface area contributed by atoms with E-state index in [1.807, 2.05) is 30.3 Å². The molecule has 0 saturated carbocycles. The number of hydrogen-bond acceptors (Lipinski definition) is 3. The van der Waals surface area contributed by atoms with Gasteiger partial charge in [0.05, 0.1) is 12.5 Å². The Labute approximate surface area is 135 Å². The number of para-hydroxylation sites is 1. The monoisotopic (exact) mass is 315 g/mol. The molecule has 2 saturated heterocycles. The van der Waals surface area contributed by atoms with Gasteiger partial charge >= 0.3 is 0 Å². The van der Waals surface area contributed by atoms with Crippen LogP contribution in [0.3, 0.4) is 0 Å². The van der Waals surface area contributed by atoms with Gasteiger partial charge in [-0.15, -0.1) is 0 Å². The summed E-state index contributed by atoms with van der Waals surface area (Å²) in [6.07, 6.45) is 2.25. The van der Waals surface area contributed by atoms with E-state index in [1.165, 1.54) is 0 Å². The maximum atomic E-state index is 12.2. The Kier molecular flexibility index (Phi) is 4.60. The van der Waals surface area contributed by atoms with Crippen LogP contribution in [0.15, 0.2) is 30.3 Å². The molecule has 0 bridgehead atoms. The number of likely N-dealkylation sites (tertiary alicyclic amines) is 1. The average molecular weight is 315 g/mol. The van der Waals surface area contributed by atoms with E-state index >= 15 is 0 Å². The molecule has 0 aliphatic carbocycles. The molecular weight excluding hydrogens is 294 g/mol. The number of carbonyl (C=O) groups excluding carboxylic acids is 3. The Morgan fingerprint density at radius 1 is 1.13 bits per heavy atom. The molecule has 2 aliphatic heterocycles. The number of anilines is 1. The van der Waals surface area contributed by atoms with Crippen LogP contribution in [0.4, 0.5) is 5.69 Å². The number of carbonyl (C=O) groups is 3. The van der Waals surface area contributed by atoms with Gasteiger partial charge in [0.2, 0.25) is 17.7 Å². The van der Waals surface area contributed by atoms with E-state index in [9.17, 15) is 14.4 Å². The number of benzene rings is 1. The number of nitrogens with one attached hydrogen (secondary N) is 1. The second kappa shape index (κ2) is 6.81. The van der Waals surface area contributed by atoms with Crippen molar-refractivity contribution in [3.63, 3.8) is 0 Å². The molecule has 0 spiro atoms. The van der Waals surface area contributed by atoms with Gasteiger partial charge in [-0.1, -0.05) is 18.2 Å². The average Bonchev–Trinajstić information content (AvgIpc) is 3.23. The van der Waals surface area contributed by atoms with Crippen molar-refractivity contribution < 1.29 is 14.4 Å². The zero-order valence-electron chi connectivity index (χ0n) is 13.0. The van der Waals surface area contributed by atoms with Gasteiger partial charge in [-0.05, 0) is 25.0 Å². The molecule has 2 aliphatic rings. The van der Waals surface area contributed by atoms with Crippen molar-refractivity contribution in [1.82, 2.24) is 10.2 Å². The number of nitrogens with zero attached hydrogens (tertiary/aromatic N) is 2. The summed E-state index contributed by atoms with van der Waals surface area (Å²) in [5, 5.41) is 2.68. The van der Waals surface area contributed by atoms with Crippen molar-refractivity contribution in [1.29, 1.82) is 0 Å². The van der Waals surface area contributed by atoms with Crippen LogP contribution in [0.5, 0.6) is 0 Å². The summed E-state index contributed by atoms with van der Waals surface area (Å²) in [5.74, 6) is -0.708. The second-order valence-electron chi connectivity index (χ2n) is 6.05. The quantitative estimate of drug-likeness (QED) is 0.892. The van der Waals surface area contributed by atoms with E-state index in [4.69, 9.17) is 0 Å². The lowest BCUT2D eigenvalue weighted by atomic mass is 10.1. The van der Waals surface area contributed by atoms with Crippen LogP contribution in [0.25, 0.3) is 0 Å². The highest BCUT2D eigenvalue weighted by Crippen LogP contribution is 2.24. The lowest BCUT2D eigenvalue weighted by Gasteiger charge is -2.18. The van der Waals surface area contributed by atoms with Crippen LogP contribution in [-0.4, -0.2) is 48.8 Å². The van der Waals surface area contributed by atoms with Crippen molar-refractivity contribution >= 4 is 23.4 Å². The van der Waals surface area contributed by atoms with Crippen LogP contribution in [0.2, 0.25) is 0 Å². The minimum absolute atomic E-state index is 0.0227. The summed E-state index contributed by atoms with van der Waals surface area (Å²) >= 11 is 0. The highest BCUT2D eigenvalue weighted by molar-refractivity contribution is 6.00. The highest BCUT2D eigenvalue weighted by atomic mass is 16.2. The maximum absolute atomic E-state index is 12.2. The van der Waals surface area contributed by atoms with E-state index in [2.05, 4.69) is 5.32 Å². The molecule has 2 fully saturated rings. The zero-order chi connectivity index (χ0) is 16.2. The molecule has 2 heterocycles. The molecular formula is C17H21N3O3. The Morgan fingerprint density at radius 2 is 1.83 bits per heavy atom. The Hall–Kier alpha value is -2.37. The number of amides is 3. The van der Waals surface area contributed by atoms with Gasteiger partial charge in [0, 0.05) is 31.7 Å².